The molecule has 2 atom stereocenters. The third kappa shape index (κ3) is 3.19. The van der Waals surface area contributed by atoms with Crippen LogP contribution in [0.1, 0.15) is 37.4 Å². The highest BCUT2D eigenvalue weighted by Gasteiger charge is 2.30. The molecule has 2 unspecified atom stereocenters. The molecule has 5 aromatic rings. The summed E-state index contributed by atoms with van der Waals surface area (Å²) in [5, 5.41) is 6.36. The standard InChI is InChI=1S/C33H28N2O/c1-33(2,25-10-4-3-5-11-25)17-16-21-14-15-23-20-29-28(19-24(23)18-21)34-31-26-12-6-8-22-9-7-13-27(30(22)26)32(36)35(29)31/h3-15,18-20,28-29H,16-17H2,1-2H3. The second-order valence-electron chi connectivity index (χ2n) is 10.9. The summed E-state index contributed by atoms with van der Waals surface area (Å²) in [4.78, 5) is 18.7. The van der Waals surface area contributed by atoms with Crippen LogP contribution in [0.15, 0.2) is 94.7 Å². The van der Waals surface area contributed by atoms with Gasteiger partial charge in [0, 0.05) is 16.2 Å². The molecule has 3 heteroatoms. The number of benzene rings is 4. The second kappa shape index (κ2) is 7.76. The lowest BCUT2D eigenvalue weighted by atomic mass is 9.79. The normalized spacial score (nSPS) is 18.2. The first-order valence-electron chi connectivity index (χ1n) is 12.8. The van der Waals surface area contributed by atoms with Crippen molar-refractivity contribution in [3.63, 3.8) is 0 Å². The van der Waals surface area contributed by atoms with E-state index in [2.05, 4.69) is 98.8 Å². The highest BCUT2D eigenvalue weighted by Crippen LogP contribution is 2.29. The molecule has 0 radical (unpaired) electrons. The van der Waals surface area contributed by atoms with Crippen molar-refractivity contribution < 1.29 is 0 Å². The average molecular weight is 469 g/mol. The summed E-state index contributed by atoms with van der Waals surface area (Å²) in [6, 6.07) is 29.6. The third-order valence-electron chi connectivity index (χ3n) is 8.19. The van der Waals surface area contributed by atoms with Crippen molar-refractivity contribution in [1.29, 1.82) is 0 Å². The van der Waals surface area contributed by atoms with E-state index < -0.39 is 0 Å². The van der Waals surface area contributed by atoms with Gasteiger partial charge in [-0.05, 0) is 57.3 Å². The van der Waals surface area contributed by atoms with E-state index in [1.807, 2.05) is 16.7 Å². The maximum absolute atomic E-state index is 13.6. The second-order valence-corrected chi connectivity index (χ2v) is 10.9. The minimum atomic E-state index is -0.0773. The Morgan fingerprint density at radius 2 is 1.61 bits per heavy atom. The van der Waals surface area contributed by atoms with Crippen molar-refractivity contribution in [2.75, 3.05) is 0 Å². The van der Waals surface area contributed by atoms with Gasteiger partial charge in [0.1, 0.15) is 5.49 Å². The Hall–Kier alpha value is -3.98. The van der Waals surface area contributed by atoms with Crippen LogP contribution >= 0.6 is 0 Å². The van der Waals surface area contributed by atoms with Gasteiger partial charge in [0.05, 0.1) is 12.1 Å². The molecule has 0 bridgehead atoms. The molecule has 0 saturated heterocycles. The van der Waals surface area contributed by atoms with E-state index in [1.54, 1.807) is 0 Å². The van der Waals surface area contributed by atoms with E-state index in [0.717, 1.165) is 39.9 Å². The molecule has 1 aromatic heterocycles. The van der Waals surface area contributed by atoms with Crippen LogP contribution in [0, 0.1) is 0 Å². The molecule has 0 saturated carbocycles. The molecule has 3 nitrogen and oxygen atoms in total. The van der Waals surface area contributed by atoms with Gasteiger partial charge in [-0.1, -0.05) is 98.8 Å². The molecule has 1 aliphatic heterocycles. The van der Waals surface area contributed by atoms with Crippen molar-refractivity contribution in [1.82, 2.24) is 4.57 Å². The first-order valence-corrected chi connectivity index (χ1v) is 12.8. The topological polar surface area (TPSA) is 34.4 Å². The molecule has 176 valence electrons. The Morgan fingerprint density at radius 1 is 0.833 bits per heavy atom. The molecule has 0 fully saturated rings. The molecular formula is C33H28N2O. The van der Waals surface area contributed by atoms with Crippen LogP contribution in [0.4, 0.5) is 0 Å². The Labute approximate surface area is 209 Å². The average Bonchev–Trinajstić information content (AvgIpc) is 3.28. The highest BCUT2D eigenvalue weighted by atomic mass is 16.1. The predicted molar refractivity (Wildman–Crippen MR) is 148 cm³/mol. The largest absolute Gasteiger partial charge is 0.283 e. The Balaban J connectivity index is 1.29. The van der Waals surface area contributed by atoms with Crippen LogP contribution in [0.2, 0.25) is 0 Å². The van der Waals surface area contributed by atoms with E-state index in [9.17, 15) is 4.79 Å². The fourth-order valence-corrected chi connectivity index (χ4v) is 6.08. The van der Waals surface area contributed by atoms with Gasteiger partial charge in [0.15, 0.2) is 0 Å². The summed E-state index contributed by atoms with van der Waals surface area (Å²) < 4.78 is 1.91. The maximum atomic E-state index is 13.6. The highest BCUT2D eigenvalue weighted by molar-refractivity contribution is 6.09. The van der Waals surface area contributed by atoms with Crippen molar-refractivity contribution >= 4 is 33.7 Å². The van der Waals surface area contributed by atoms with Crippen molar-refractivity contribution in [2.24, 2.45) is 4.99 Å². The summed E-state index contributed by atoms with van der Waals surface area (Å²) >= 11 is 0. The van der Waals surface area contributed by atoms with E-state index in [4.69, 9.17) is 4.99 Å². The monoisotopic (exact) mass is 468 g/mol. The first kappa shape index (κ1) is 21.3. The van der Waals surface area contributed by atoms with E-state index in [-0.39, 0.29) is 23.1 Å². The quantitative estimate of drug-likeness (QED) is 0.380. The lowest BCUT2D eigenvalue weighted by Crippen LogP contribution is -2.39. The van der Waals surface area contributed by atoms with Crippen LogP contribution in [-0.2, 0) is 11.8 Å². The minimum absolute atomic E-state index is 0.0541. The number of aromatic nitrogens is 1. The smallest absolute Gasteiger partial charge is 0.260 e. The third-order valence-corrected chi connectivity index (χ3v) is 8.19. The van der Waals surface area contributed by atoms with Crippen molar-refractivity contribution in [3.8, 4) is 0 Å². The SMILES string of the molecule is CC(C)(CCc1ccc2c(c1)=CC1N=c3c4cccc5cccc(c(=O)n3C1C=2)c54)c1ccccc1. The predicted octanol–water partition coefficient (Wildman–Crippen LogP) is 4.60. The van der Waals surface area contributed by atoms with E-state index in [0.29, 0.717) is 0 Å². The summed E-state index contributed by atoms with van der Waals surface area (Å²) in [5.41, 5.74) is 3.71. The van der Waals surface area contributed by atoms with Gasteiger partial charge in [-0.15, -0.1) is 0 Å². The van der Waals surface area contributed by atoms with Crippen LogP contribution in [0.5, 0.6) is 0 Å². The van der Waals surface area contributed by atoms with E-state index >= 15 is 0 Å². The number of hydrogen-bond donors (Lipinski definition) is 0. The number of aryl methyl sites for hydroxylation is 1. The van der Waals surface area contributed by atoms with Gasteiger partial charge >= 0.3 is 0 Å². The number of pyridine rings is 1. The summed E-state index contributed by atoms with van der Waals surface area (Å²) in [6.45, 7) is 4.65. The summed E-state index contributed by atoms with van der Waals surface area (Å²) in [6.07, 6.45) is 6.60. The molecule has 0 spiro atoms. The van der Waals surface area contributed by atoms with Gasteiger partial charge in [0.25, 0.3) is 5.56 Å². The maximum Gasteiger partial charge on any atom is 0.260 e. The van der Waals surface area contributed by atoms with Crippen LogP contribution < -0.4 is 21.5 Å². The molecule has 1 aliphatic carbocycles. The zero-order chi connectivity index (χ0) is 24.4. The number of rotatable bonds is 4. The molecule has 2 aliphatic rings. The number of fused-ring (bicyclic) bond motifs is 5. The Bertz CT molecular complexity index is 1890. The molecule has 0 N–H and O–H groups in total. The van der Waals surface area contributed by atoms with Gasteiger partial charge in [0.2, 0.25) is 0 Å². The van der Waals surface area contributed by atoms with Gasteiger partial charge < -0.3 is 0 Å². The van der Waals surface area contributed by atoms with E-state index in [1.165, 1.54) is 21.6 Å². The van der Waals surface area contributed by atoms with Gasteiger partial charge in [-0.3, -0.25) is 14.4 Å². The molecule has 2 heterocycles. The van der Waals surface area contributed by atoms with Crippen molar-refractivity contribution in [3.05, 3.63) is 122 Å². The number of hydrogen-bond acceptors (Lipinski definition) is 2. The van der Waals surface area contributed by atoms with Crippen LogP contribution in [0.3, 0.4) is 0 Å². The van der Waals surface area contributed by atoms with Gasteiger partial charge in [-0.2, -0.15) is 0 Å². The lowest BCUT2D eigenvalue weighted by Gasteiger charge is -2.25. The fraction of sp³-hybridized carbons (Fsp3) is 0.212. The molecule has 7 rings (SSSR count). The van der Waals surface area contributed by atoms with Crippen LogP contribution in [0.25, 0.3) is 33.7 Å². The lowest BCUT2D eigenvalue weighted by molar-refractivity contribution is 0.480. The van der Waals surface area contributed by atoms with Gasteiger partial charge in [-0.25, -0.2) is 0 Å². The number of nitrogens with zero attached hydrogens (tertiary/aromatic N) is 2. The zero-order valence-electron chi connectivity index (χ0n) is 20.6. The Kier molecular flexibility index (Phi) is 4.59. The molecule has 0 amide bonds. The fourth-order valence-electron chi connectivity index (χ4n) is 6.08. The molecular weight excluding hydrogens is 440 g/mol. The summed E-state index contributed by atoms with van der Waals surface area (Å²) in [5.74, 6) is 0. The summed E-state index contributed by atoms with van der Waals surface area (Å²) in [7, 11) is 0. The molecule has 4 aromatic carbocycles. The van der Waals surface area contributed by atoms with Crippen molar-refractivity contribution in [2.45, 2.75) is 44.2 Å². The minimum Gasteiger partial charge on any atom is -0.283 e. The molecule has 36 heavy (non-hydrogen) atoms. The van der Waals surface area contributed by atoms with Crippen LogP contribution in [-0.4, -0.2) is 10.6 Å². The first-order chi connectivity index (χ1) is 17.5. The zero-order valence-corrected chi connectivity index (χ0v) is 20.6. The Morgan fingerprint density at radius 3 is 2.42 bits per heavy atom.